The van der Waals surface area contributed by atoms with Gasteiger partial charge in [-0.2, -0.15) is 0 Å². The van der Waals surface area contributed by atoms with Crippen LogP contribution in [-0.4, -0.2) is 34.0 Å². The van der Waals surface area contributed by atoms with E-state index in [1.165, 1.54) is 0 Å². The third kappa shape index (κ3) is 3.31. The number of pyridine rings is 1. The molecule has 0 aliphatic heterocycles. The topological polar surface area (TPSA) is 71.8 Å². The number of nitrogens with zero attached hydrogens (tertiary/aromatic N) is 3. The number of rotatable bonds is 5. The van der Waals surface area contributed by atoms with Crippen molar-refractivity contribution in [3.05, 3.63) is 42.1 Å². The van der Waals surface area contributed by atoms with Crippen LogP contribution in [0, 0.1) is 0 Å². The molecule has 0 atom stereocenters. The molecular formula is C13H17N5O. The minimum Gasteiger partial charge on any atom is -0.373 e. The predicted octanol–water partition coefficient (Wildman–Crippen LogP) is 0.829. The fourth-order valence-electron chi connectivity index (χ4n) is 1.70. The molecule has 0 fully saturated rings. The molecular weight excluding hydrogens is 242 g/mol. The lowest BCUT2D eigenvalue weighted by molar-refractivity contribution is 0.0953. The van der Waals surface area contributed by atoms with Gasteiger partial charge in [-0.1, -0.05) is 0 Å². The molecule has 2 heterocycles. The Labute approximate surface area is 111 Å². The molecule has 0 saturated heterocycles. The molecule has 6 heteroatoms. The number of carbonyl (C=O) groups excluding carboxylic acids is 1. The Morgan fingerprint density at radius 2 is 2.21 bits per heavy atom. The predicted molar refractivity (Wildman–Crippen MR) is 73.0 cm³/mol. The Kier molecular flexibility index (Phi) is 4.12. The summed E-state index contributed by atoms with van der Waals surface area (Å²) in [5.41, 5.74) is 0.554. The van der Waals surface area contributed by atoms with Crippen molar-refractivity contribution in [2.75, 3.05) is 18.9 Å². The number of amides is 1. The Hall–Kier alpha value is -2.37. The summed E-state index contributed by atoms with van der Waals surface area (Å²) in [6.45, 7) is 0.553. The minimum atomic E-state index is -0.121. The van der Waals surface area contributed by atoms with Crippen molar-refractivity contribution < 1.29 is 4.79 Å². The van der Waals surface area contributed by atoms with E-state index in [-0.39, 0.29) is 5.91 Å². The third-order valence-corrected chi connectivity index (χ3v) is 2.84. The molecule has 2 rings (SSSR count). The standard InChI is InChI=1S/C13H17N5O/c1-14-11-4-3-10(9-17-11)13(19)16-6-5-12-15-7-8-18(12)2/h3-4,7-9H,5-6H2,1-2H3,(H,14,17)(H,16,19). The van der Waals surface area contributed by atoms with Crippen LogP contribution in [0.1, 0.15) is 16.2 Å². The van der Waals surface area contributed by atoms with Crippen LogP contribution in [0.3, 0.4) is 0 Å². The molecule has 0 bridgehead atoms. The molecule has 2 N–H and O–H groups in total. The number of hydrogen-bond acceptors (Lipinski definition) is 4. The fraction of sp³-hybridized carbons (Fsp3) is 0.308. The van der Waals surface area contributed by atoms with Gasteiger partial charge < -0.3 is 15.2 Å². The molecule has 0 spiro atoms. The Morgan fingerprint density at radius 3 is 2.79 bits per heavy atom. The molecule has 0 aliphatic carbocycles. The summed E-state index contributed by atoms with van der Waals surface area (Å²) >= 11 is 0. The number of carbonyl (C=O) groups is 1. The van der Waals surface area contributed by atoms with Crippen LogP contribution in [0.4, 0.5) is 5.82 Å². The van der Waals surface area contributed by atoms with E-state index in [0.29, 0.717) is 18.5 Å². The quantitative estimate of drug-likeness (QED) is 0.834. The molecule has 0 aromatic carbocycles. The smallest absolute Gasteiger partial charge is 0.252 e. The van der Waals surface area contributed by atoms with Crippen LogP contribution in [0.5, 0.6) is 0 Å². The van der Waals surface area contributed by atoms with Crippen LogP contribution in [0.25, 0.3) is 0 Å². The molecule has 100 valence electrons. The maximum atomic E-state index is 11.9. The number of nitrogens with one attached hydrogen (secondary N) is 2. The second-order valence-corrected chi connectivity index (χ2v) is 4.14. The lowest BCUT2D eigenvalue weighted by Gasteiger charge is -2.06. The average Bonchev–Trinajstić information content (AvgIpc) is 2.84. The number of anilines is 1. The summed E-state index contributed by atoms with van der Waals surface area (Å²) in [6.07, 6.45) is 5.90. The van der Waals surface area contributed by atoms with Gasteiger partial charge in [0.15, 0.2) is 0 Å². The molecule has 0 unspecified atom stereocenters. The van der Waals surface area contributed by atoms with Crippen molar-refractivity contribution in [3.63, 3.8) is 0 Å². The molecule has 2 aromatic rings. The zero-order valence-corrected chi connectivity index (χ0v) is 11.1. The van der Waals surface area contributed by atoms with Gasteiger partial charge in [0.25, 0.3) is 5.91 Å². The number of aromatic nitrogens is 3. The van der Waals surface area contributed by atoms with Crippen LogP contribution in [0.2, 0.25) is 0 Å². The normalized spacial score (nSPS) is 10.2. The highest BCUT2D eigenvalue weighted by Gasteiger charge is 2.06. The van der Waals surface area contributed by atoms with Gasteiger partial charge in [-0.15, -0.1) is 0 Å². The summed E-state index contributed by atoms with van der Waals surface area (Å²) < 4.78 is 1.94. The van der Waals surface area contributed by atoms with Gasteiger partial charge in [-0.05, 0) is 12.1 Å². The first-order valence-electron chi connectivity index (χ1n) is 6.09. The van der Waals surface area contributed by atoms with Crippen molar-refractivity contribution in [2.45, 2.75) is 6.42 Å². The van der Waals surface area contributed by atoms with Crippen LogP contribution in [-0.2, 0) is 13.5 Å². The highest BCUT2D eigenvalue weighted by molar-refractivity contribution is 5.94. The lowest BCUT2D eigenvalue weighted by atomic mass is 10.2. The van der Waals surface area contributed by atoms with E-state index in [0.717, 1.165) is 11.6 Å². The molecule has 2 aromatic heterocycles. The maximum absolute atomic E-state index is 11.9. The number of imidazole rings is 1. The van der Waals surface area contributed by atoms with Gasteiger partial charge in [0.1, 0.15) is 11.6 Å². The van der Waals surface area contributed by atoms with E-state index in [2.05, 4.69) is 20.6 Å². The molecule has 0 aliphatic rings. The summed E-state index contributed by atoms with van der Waals surface area (Å²) in [4.78, 5) is 20.2. The van der Waals surface area contributed by atoms with E-state index in [4.69, 9.17) is 0 Å². The SMILES string of the molecule is CNc1ccc(C(=O)NCCc2nccn2C)cn1. The zero-order chi connectivity index (χ0) is 13.7. The van der Waals surface area contributed by atoms with E-state index in [1.807, 2.05) is 17.8 Å². The lowest BCUT2D eigenvalue weighted by Crippen LogP contribution is -2.26. The van der Waals surface area contributed by atoms with Gasteiger partial charge in [0.2, 0.25) is 0 Å². The third-order valence-electron chi connectivity index (χ3n) is 2.84. The van der Waals surface area contributed by atoms with Crippen LogP contribution < -0.4 is 10.6 Å². The summed E-state index contributed by atoms with van der Waals surface area (Å²) in [6, 6.07) is 3.52. The Bertz CT molecular complexity index is 546. The van der Waals surface area contributed by atoms with Gasteiger partial charge in [-0.3, -0.25) is 4.79 Å². The number of hydrogen-bond donors (Lipinski definition) is 2. The first-order chi connectivity index (χ1) is 9.20. The van der Waals surface area contributed by atoms with Gasteiger partial charge in [-0.25, -0.2) is 9.97 Å². The van der Waals surface area contributed by atoms with E-state index < -0.39 is 0 Å². The van der Waals surface area contributed by atoms with Crippen LogP contribution in [0.15, 0.2) is 30.7 Å². The highest BCUT2D eigenvalue weighted by Crippen LogP contribution is 2.03. The van der Waals surface area contributed by atoms with E-state index in [9.17, 15) is 4.79 Å². The van der Waals surface area contributed by atoms with Crippen molar-refractivity contribution >= 4 is 11.7 Å². The van der Waals surface area contributed by atoms with Crippen molar-refractivity contribution in [2.24, 2.45) is 7.05 Å². The van der Waals surface area contributed by atoms with E-state index in [1.54, 1.807) is 31.6 Å². The monoisotopic (exact) mass is 259 g/mol. The molecule has 6 nitrogen and oxygen atoms in total. The summed E-state index contributed by atoms with van der Waals surface area (Å²) in [5, 5.41) is 5.76. The first kappa shape index (κ1) is 13.1. The Balaban J connectivity index is 1.85. The minimum absolute atomic E-state index is 0.121. The van der Waals surface area contributed by atoms with Crippen molar-refractivity contribution in [1.29, 1.82) is 0 Å². The molecule has 0 saturated carbocycles. The van der Waals surface area contributed by atoms with Crippen molar-refractivity contribution in [3.8, 4) is 0 Å². The second-order valence-electron chi connectivity index (χ2n) is 4.14. The largest absolute Gasteiger partial charge is 0.373 e. The average molecular weight is 259 g/mol. The van der Waals surface area contributed by atoms with Gasteiger partial charge >= 0.3 is 0 Å². The van der Waals surface area contributed by atoms with Crippen LogP contribution >= 0.6 is 0 Å². The highest BCUT2D eigenvalue weighted by atomic mass is 16.1. The molecule has 0 radical (unpaired) electrons. The maximum Gasteiger partial charge on any atom is 0.252 e. The fourth-order valence-corrected chi connectivity index (χ4v) is 1.70. The van der Waals surface area contributed by atoms with Gasteiger partial charge in [0, 0.05) is 45.7 Å². The van der Waals surface area contributed by atoms with E-state index >= 15 is 0 Å². The first-order valence-corrected chi connectivity index (χ1v) is 6.09. The second kappa shape index (κ2) is 5.99. The number of aryl methyl sites for hydroxylation is 1. The molecule has 1 amide bonds. The summed E-state index contributed by atoms with van der Waals surface area (Å²) in [7, 11) is 3.72. The zero-order valence-electron chi connectivity index (χ0n) is 11.1. The van der Waals surface area contributed by atoms with Crippen molar-refractivity contribution in [1.82, 2.24) is 19.9 Å². The summed E-state index contributed by atoms with van der Waals surface area (Å²) in [5.74, 6) is 1.57. The molecule has 19 heavy (non-hydrogen) atoms. The Morgan fingerprint density at radius 1 is 1.37 bits per heavy atom. The van der Waals surface area contributed by atoms with Gasteiger partial charge in [0.05, 0.1) is 5.56 Å².